The number of nitrogens with two attached hydrogens (primary N) is 1. The standard InChI is InChI=1S/C11H20N2O9/c1-4(15)13-7-5(16)2-11(20,10(19)22-12)21-9(7)8(18)6(17)3-14/h5-9,14,16-18,20H,2-3,12H2,1H3,(H,13,15)/t5-,6+,7+,8?,9+,11+/m0/s1. The minimum atomic E-state index is -2.68. The SMILES string of the molecule is CC(=O)N[C@@H]1[C@@H](O)C[C@](O)(C(=O)ON)O[C@H]1C(O)[C@H](O)CO. The summed E-state index contributed by atoms with van der Waals surface area (Å²) in [7, 11) is 0. The van der Waals surface area contributed by atoms with E-state index in [4.69, 9.17) is 9.84 Å². The first-order valence-corrected chi connectivity index (χ1v) is 6.39. The molecule has 8 N–H and O–H groups in total. The van der Waals surface area contributed by atoms with Gasteiger partial charge < -0.3 is 40.4 Å². The van der Waals surface area contributed by atoms with Gasteiger partial charge in [0.2, 0.25) is 5.91 Å². The number of aliphatic hydroxyl groups excluding tert-OH is 4. The van der Waals surface area contributed by atoms with Crippen molar-refractivity contribution >= 4 is 11.9 Å². The fourth-order valence-corrected chi connectivity index (χ4v) is 2.22. The quantitative estimate of drug-likeness (QED) is 0.242. The lowest BCUT2D eigenvalue weighted by Gasteiger charge is -2.44. The first-order chi connectivity index (χ1) is 10.2. The van der Waals surface area contributed by atoms with Crippen molar-refractivity contribution < 1.29 is 44.7 Å². The van der Waals surface area contributed by atoms with Crippen LogP contribution in [0.3, 0.4) is 0 Å². The molecule has 11 heteroatoms. The van der Waals surface area contributed by atoms with Crippen LogP contribution in [0, 0.1) is 0 Å². The Morgan fingerprint density at radius 2 is 2.09 bits per heavy atom. The summed E-state index contributed by atoms with van der Waals surface area (Å²) in [6.45, 7) is 0.275. The molecule has 1 unspecified atom stereocenters. The van der Waals surface area contributed by atoms with Gasteiger partial charge >= 0.3 is 5.97 Å². The van der Waals surface area contributed by atoms with E-state index < -0.39 is 61.1 Å². The summed E-state index contributed by atoms with van der Waals surface area (Å²) in [5.74, 6) is -0.0281. The maximum Gasteiger partial charge on any atom is 0.385 e. The average Bonchev–Trinajstić information content (AvgIpc) is 2.46. The van der Waals surface area contributed by atoms with Crippen LogP contribution in [0.25, 0.3) is 0 Å². The lowest BCUT2D eigenvalue weighted by atomic mass is 9.88. The van der Waals surface area contributed by atoms with Crippen LogP contribution in [0.4, 0.5) is 0 Å². The highest BCUT2D eigenvalue weighted by Crippen LogP contribution is 2.31. The van der Waals surface area contributed by atoms with E-state index in [0.29, 0.717) is 0 Å². The first-order valence-electron chi connectivity index (χ1n) is 6.39. The maximum absolute atomic E-state index is 11.5. The smallest absolute Gasteiger partial charge is 0.385 e. The summed E-state index contributed by atoms with van der Waals surface area (Å²) in [6.07, 6.45) is -7.35. The van der Waals surface area contributed by atoms with Gasteiger partial charge in [-0.3, -0.25) is 4.79 Å². The molecule has 0 saturated carbocycles. The fourth-order valence-electron chi connectivity index (χ4n) is 2.22. The molecule has 1 heterocycles. The molecule has 1 saturated heterocycles. The molecule has 1 rings (SSSR count). The number of ether oxygens (including phenoxy) is 1. The number of carbonyl (C=O) groups excluding carboxylic acids is 2. The molecule has 0 radical (unpaired) electrons. The zero-order valence-corrected chi connectivity index (χ0v) is 11.7. The van der Waals surface area contributed by atoms with Crippen LogP contribution < -0.4 is 11.2 Å². The van der Waals surface area contributed by atoms with Crippen molar-refractivity contribution in [3.63, 3.8) is 0 Å². The Hall–Kier alpha value is -1.34. The Morgan fingerprint density at radius 1 is 1.50 bits per heavy atom. The number of carbonyl (C=O) groups is 2. The summed E-state index contributed by atoms with van der Waals surface area (Å²) >= 11 is 0. The zero-order valence-electron chi connectivity index (χ0n) is 11.7. The van der Waals surface area contributed by atoms with Crippen LogP contribution in [-0.2, 0) is 19.2 Å². The number of amides is 1. The van der Waals surface area contributed by atoms with E-state index in [1.54, 1.807) is 0 Å². The van der Waals surface area contributed by atoms with Crippen LogP contribution in [-0.4, -0.2) is 80.3 Å². The minimum absolute atomic E-state index is 0.588. The Labute approximate surface area is 125 Å². The van der Waals surface area contributed by atoms with Crippen LogP contribution in [0.1, 0.15) is 13.3 Å². The highest BCUT2D eigenvalue weighted by molar-refractivity contribution is 5.77. The van der Waals surface area contributed by atoms with Gasteiger partial charge in [0.05, 0.1) is 18.8 Å². The zero-order chi connectivity index (χ0) is 17.1. The predicted octanol–water partition coefficient (Wildman–Crippen LogP) is -4.54. The van der Waals surface area contributed by atoms with E-state index >= 15 is 0 Å². The Bertz CT molecular complexity index is 420. The molecule has 6 atom stereocenters. The van der Waals surface area contributed by atoms with Crippen LogP contribution in [0.2, 0.25) is 0 Å². The number of hydrogen-bond acceptors (Lipinski definition) is 10. The van der Waals surface area contributed by atoms with Crippen LogP contribution in [0.15, 0.2) is 0 Å². The van der Waals surface area contributed by atoms with E-state index in [1.165, 1.54) is 0 Å². The summed E-state index contributed by atoms with van der Waals surface area (Å²) in [6, 6.07) is -1.25. The van der Waals surface area contributed by atoms with Crippen LogP contribution in [0.5, 0.6) is 0 Å². The van der Waals surface area contributed by atoms with Gasteiger partial charge in [-0.05, 0) is 0 Å². The fraction of sp³-hybridized carbons (Fsp3) is 0.818. The molecule has 128 valence electrons. The van der Waals surface area contributed by atoms with Crippen LogP contribution >= 0.6 is 0 Å². The molecule has 11 nitrogen and oxygen atoms in total. The van der Waals surface area contributed by atoms with E-state index in [0.717, 1.165) is 6.92 Å². The van der Waals surface area contributed by atoms with Gasteiger partial charge in [0.15, 0.2) is 0 Å². The van der Waals surface area contributed by atoms with Crippen molar-refractivity contribution in [2.75, 3.05) is 6.61 Å². The predicted molar refractivity (Wildman–Crippen MR) is 67.4 cm³/mol. The Kier molecular flexibility index (Phi) is 6.19. The molecular weight excluding hydrogens is 304 g/mol. The largest absolute Gasteiger partial charge is 0.394 e. The van der Waals surface area contributed by atoms with Gasteiger partial charge in [-0.1, -0.05) is 0 Å². The third kappa shape index (κ3) is 3.89. The topological polar surface area (TPSA) is 192 Å². The van der Waals surface area contributed by atoms with E-state index in [-0.39, 0.29) is 0 Å². The molecule has 22 heavy (non-hydrogen) atoms. The van der Waals surface area contributed by atoms with E-state index in [2.05, 4.69) is 16.1 Å². The second kappa shape index (κ2) is 7.28. The summed E-state index contributed by atoms with van der Waals surface area (Å²) < 4.78 is 5.00. The highest BCUT2D eigenvalue weighted by atomic mass is 16.7. The van der Waals surface area contributed by atoms with Crippen molar-refractivity contribution in [2.24, 2.45) is 5.90 Å². The number of hydrogen-bond donors (Lipinski definition) is 7. The van der Waals surface area contributed by atoms with Gasteiger partial charge in [-0.25, -0.2) is 4.79 Å². The molecule has 0 aromatic rings. The van der Waals surface area contributed by atoms with Crippen molar-refractivity contribution in [3.8, 4) is 0 Å². The number of rotatable bonds is 5. The first kappa shape index (κ1) is 18.7. The van der Waals surface area contributed by atoms with Gasteiger partial charge in [-0.15, -0.1) is 0 Å². The van der Waals surface area contributed by atoms with Gasteiger partial charge in [0, 0.05) is 13.3 Å². The molecule has 0 aromatic carbocycles. The average molecular weight is 324 g/mol. The molecule has 0 spiro atoms. The molecule has 1 fully saturated rings. The normalized spacial score (nSPS) is 34.6. The molecule has 0 aliphatic carbocycles. The monoisotopic (exact) mass is 324 g/mol. The Morgan fingerprint density at radius 3 is 2.55 bits per heavy atom. The Balaban J connectivity index is 3.09. The van der Waals surface area contributed by atoms with Gasteiger partial charge in [0.25, 0.3) is 5.79 Å². The third-order valence-electron chi connectivity index (χ3n) is 3.30. The van der Waals surface area contributed by atoms with Crippen molar-refractivity contribution in [2.45, 2.75) is 49.6 Å². The summed E-state index contributed by atoms with van der Waals surface area (Å²) in [4.78, 5) is 26.5. The third-order valence-corrected chi connectivity index (χ3v) is 3.30. The second-order valence-corrected chi connectivity index (χ2v) is 5.01. The minimum Gasteiger partial charge on any atom is -0.394 e. The second-order valence-electron chi connectivity index (χ2n) is 5.01. The molecule has 1 amide bonds. The lowest BCUT2D eigenvalue weighted by Crippen LogP contribution is -2.67. The maximum atomic E-state index is 11.5. The van der Waals surface area contributed by atoms with E-state index in [1.807, 2.05) is 0 Å². The van der Waals surface area contributed by atoms with Crippen molar-refractivity contribution in [3.05, 3.63) is 0 Å². The van der Waals surface area contributed by atoms with Gasteiger partial charge in [0.1, 0.15) is 18.3 Å². The van der Waals surface area contributed by atoms with Gasteiger partial charge in [-0.2, -0.15) is 5.90 Å². The summed E-state index contributed by atoms with van der Waals surface area (Å²) in [5.41, 5.74) is 0. The molecular formula is C11H20N2O9. The highest BCUT2D eigenvalue weighted by Gasteiger charge is 2.54. The molecule has 1 aliphatic rings. The van der Waals surface area contributed by atoms with E-state index in [9.17, 15) is 30.0 Å². The number of aliphatic hydroxyl groups is 5. The lowest BCUT2D eigenvalue weighted by molar-refractivity contribution is -0.297. The molecule has 0 aromatic heterocycles. The van der Waals surface area contributed by atoms with Crippen molar-refractivity contribution in [1.29, 1.82) is 0 Å². The molecule has 0 bridgehead atoms. The summed E-state index contributed by atoms with van der Waals surface area (Å²) in [5, 5.41) is 50.6. The van der Waals surface area contributed by atoms with Crippen molar-refractivity contribution in [1.82, 2.24) is 5.32 Å². The number of nitrogens with one attached hydrogen (secondary N) is 1. The molecule has 1 aliphatic heterocycles.